The first kappa shape index (κ1) is 18.2. The lowest BCUT2D eigenvalue weighted by Crippen LogP contribution is -2.00. The van der Waals surface area contributed by atoms with E-state index in [-0.39, 0.29) is 17.1 Å². The van der Waals surface area contributed by atoms with Crippen molar-refractivity contribution in [2.24, 2.45) is 17.3 Å². The van der Waals surface area contributed by atoms with E-state index in [4.69, 9.17) is 14.2 Å². The van der Waals surface area contributed by atoms with E-state index in [1.165, 1.54) is 33.5 Å². The number of benzene rings is 2. The zero-order valence-corrected chi connectivity index (χ0v) is 15.4. The second-order valence-corrected chi connectivity index (χ2v) is 5.67. The van der Waals surface area contributed by atoms with Gasteiger partial charge in [-0.3, -0.25) is 4.79 Å². The van der Waals surface area contributed by atoms with Crippen LogP contribution in [0, 0.1) is 0 Å². The summed E-state index contributed by atoms with van der Waals surface area (Å²) in [5, 5.41) is 18.7. The van der Waals surface area contributed by atoms with Gasteiger partial charge in [-0.15, -0.1) is 10.2 Å². The molecule has 27 heavy (non-hydrogen) atoms. The molecule has 8 nitrogen and oxygen atoms in total. The van der Waals surface area contributed by atoms with Crippen molar-refractivity contribution in [3.05, 3.63) is 42.0 Å². The highest BCUT2D eigenvalue weighted by molar-refractivity contribution is 5.98. The lowest BCUT2D eigenvalue weighted by Gasteiger charge is -2.12. The molecule has 0 atom stereocenters. The summed E-state index contributed by atoms with van der Waals surface area (Å²) in [7, 11) is 6.10. The van der Waals surface area contributed by atoms with Crippen LogP contribution in [0.3, 0.4) is 0 Å². The van der Waals surface area contributed by atoms with Crippen LogP contribution in [0.4, 0.5) is 5.69 Å². The van der Waals surface area contributed by atoms with E-state index in [0.29, 0.717) is 22.6 Å². The van der Waals surface area contributed by atoms with Crippen molar-refractivity contribution in [1.82, 2.24) is 4.57 Å². The minimum atomic E-state index is -0.610. The Labute approximate surface area is 155 Å². The molecule has 0 aliphatic heterocycles. The van der Waals surface area contributed by atoms with E-state index in [1.54, 1.807) is 17.7 Å². The summed E-state index contributed by atoms with van der Waals surface area (Å²) in [6.45, 7) is 0. The number of carbonyl (C=O) groups is 1. The molecule has 0 radical (unpaired) electrons. The monoisotopic (exact) mass is 369 g/mol. The highest BCUT2D eigenvalue weighted by Crippen LogP contribution is 2.39. The van der Waals surface area contributed by atoms with Gasteiger partial charge in [-0.05, 0) is 18.2 Å². The van der Waals surface area contributed by atoms with Crippen molar-refractivity contribution < 1.29 is 24.1 Å². The van der Waals surface area contributed by atoms with E-state index in [9.17, 15) is 9.90 Å². The molecule has 0 bridgehead atoms. The first-order valence-corrected chi connectivity index (χ1v) is 8.04. The summed E-state index contributed by atoms with van der Waals surface area (Å²) in [5.41, 5.74) is 1.23. The summed E-state index contributed by atoms with van der Waals surface area (Å²) >= 11 is 0. The fraction of sp³-hybridized carbons (Fsp3) is 0.211. The van der Waals surface area contributed by atoms with Gasteiger partial charge in [0.2, 0.25) is 11.6 Å². The number of aromatic hydroxyl groups is 1. The van der Waals surface area contributed by atoms with Crippen molar-refractivity contribution in [3.63, 3.8) is 0 Å². The van der Waals surface area contributed by atoms with Gasteiger partial charge in [-0.25, -0.2) is 0 Å². The molecule has 0 aliphatic carbocycles. The Bertz CT molecular complexity index is 1010. The topological polar surface area (TPSA) is 94.6 Å². The number of amides is 1. The number of rotatable bonds is 5. The quantitative estimate of drug-likeness (QED) is 0.690. The lowest BCUT2D eigenvalue weighted by atomic mass is 10.1. The number of hydrogen-bond acceptors (Lipinski definition) is 6. The predicted molar refractivity (Wildman–Crippen MR) is 99.5 cm³/mol. The van der Waals surface area contributed by atoms with Gasteiger partial charge in [-0.1, -0.05) is 18.2 Å². The molecule has 0 fully saturated rings. The van der Waals surface area contributed by atoms with Crippen LogP contribution < -0.4 is 14.2 Å². The standard InChI is InChI=1S/C19H19N3O5/c1-22-13-8-6-5-7-12(13)16(19(22)24)20-21-18(23)11-9-14(25-2)17(27-4)15(10-11)26-3/h5-10,24H,1-4H3. The first-order chi connectivity index (χ1) is 13.0. The number of nitrogens with zero attached hydrogens (tertiary/aromatic N) is 3. The van der Waals surface area contributed by atoms with E-state index >= 15 is 0 Å². The molecular weight excluding hydrogens is 350 g/mol. The Hall–Kier alpha value is -3.55. The molecule has 3 aromatic rings. The number of azo groups is 1. The van der Waals surface area contributed by atoms with Gasteiger partial charge < -0.3 is 23.9 Å². The molecule has 0 spiro atoms. The third-order valence-electron chi connectivity index (χ3n) is 4.20. The molecule has 0 unspecified atom stereocenters. The maximum Gasteiger partial charge on any atom is 0.295 e. The van der Waals surface area contributed by atoms with Crippen LogP contribution in [0.1, 0.15) is 10.4 Å². The van der Waals surface area contributed by atoms with Crippen molar-refractivity contribution in [2.45, 2.75) is 0 Å². The molecule has 1 heterocycles. The van der Waals surface area contributed by atoms with E-state index < -0.39 is 5.91 Å². The van der Waals surface area contributed by atoms with Crippen LogP contribution in [0.5, 0.6) is 23.1 Å². The summed E-state index contributed by atoms with van der Waals surface area (Å²) in [4.78, 5) is 12.5. The SMILES string of the molecule is COc1cc(C(=O)N=Nc2c(O)n(C)c3ccccc23)cc(OC)c1OC. The second kappa shape index (κ2) is 7.36. The number of aryl methyl sites for hydroxylation is 1. The molecular formula is C19H19N3O5. The first-order valence-electron chi connectivity index (χ1n) is 8.04. The van der Waals surface area contributed by atoms with Crippen LogP contribution >= 0.6 is 0 Å². The van der Waals surface area contributed by atoms with E-state index in [0.717, 1.165) is 5.52 Å². The molecule has 1 amide bonds. The largest absolute Gasteiger partial charge is 0.493 e. The van der Waals surface area contributed by atoms with Crippen molar-refractivity contribution in [1.29, 1.82) is 0 Å². The van der Waals surface area contributed by atoms with Gasteiger partial charge in [0.25, 0.3) is 5.91 Å². The minimum absolute atomic E-state index is 0.0716. The Morgan fingerprint density at radius 2 is 1.67 bits per heavy atom. The molecule has 3 rings (SSSR count). The van der Waals surface area contributed by atoms with Gasteiger partial charge in [0, 0.05) is 12.4 Å². The molecule has 0 aliphatic rings. The molecule has 0 saturated heterocycles. The van der Waals surface area contributed by atoms with Crippen molar-refractivity contribution >= 4 is 22.5 Å². The Balaban J connectivity index is 2.00. The second-order valence-electron chi connectivity index (χ2n) is 5.67. The van der Waals surface area contributed by atoms with Crippen molar-refractivity contribution in [2.75, 3.05) is 21.3 Å². The molecule has 2 aromatic carbocycles. The Kier molecular flexibility index (Phi) is 4.98. The van der Waals surface area contributed by atoms with E-state index in [1.807, 2.05) is 18.2 Å². The van der Waals surface area contributed by atoms with Crippen LogP contribution in [0.15, 0.2) is 46.6 Å². The number of carbonyl (C=O) groups excluding carboxylic acids is 1. The molecule has 140 valence electrons. The molecule has 1 aromatic heterocycles. The Morgan fingerprint density at radius 3 is 2.26 bits per heavy atom. The zero-order valence-electron chi connectivity index (χ0n) is 15.4. The van der Waals surface area contributed by atoms with Gasteiger partial charge >= 0.3 is 0 Å². The predicted octanol–water partition coefficient (Wildman–Crippen LogP) is 3.83. The highest BCUT2D eigenvalue weighted by Gasteiger charge is 2.18. The number of aromatic nitrogens is 1. The van der Waals surface area contributed by atoms with Crippen LogP contribution in [-0.4, -0.2) is 36.9 Å². The zero-order chi connectivity index (χ0) is 19.6. The normalized spacial score (nSPS) is 11.1. The average molecular weight is 369 g/mol. The number of hydrogen-bond donors (Lipinski definition) is 1. The Morgan fingerprint density at radius 1 is 1.04 bits per heavy atom. The smallest absolute Gasteiger partial charge is 0.295 e. The molecule has 0 saturated carbocycles. The van der Waals surface area contributed by atoms with E-state index in [2.05, 4.69) is 10.2 Å². The minimum Gasteiger partial charge on any atom is -0.493 e. The van der Waals surface area contributed by atoms with Crippen LogP contribution in [-0.2, 0) is 7.05 Å². The lowest BCUT2D eigenvalue weighted by molar-refractivity contribution is 0.0994. The fourth-order valence-corrected chi connectivity index (χ4v) is 2.82. The number of para-hydroxylation sites is 1. The summed E-state index contributed by atoms with van der Waals surface area (Å²) < 4.78 is 17.3. The average Bonchev–Trinajstić information content (AvgIpc) is 2.95. The third-order valence-corrected chi connectivity index (χ3v) is 4.20. The number of fused-ring (bicyclic) bond motifs is 1. The van der Waals surface area contributed by atoms with Gasteiger partial charge in [0.05, 0.1) is 32.4 Å². The summed E-state index contributed by atoms with van der Waals surface area (Å²) in [5.74, 6) is 0.367. The summed E-state index contributed by atoms with van der Waals surface area (Å²) in [6.07, 6.45) is 0. The molecule has 1 N–H and O–H groups in total. The van der Waals surface area contributed by atoms with Crippen LogP contribution in [0.25, 0.3) is 10.9 Å². The number of ether oxygens (including phenoxy) is 3. The fourth-order valence-electron chi connectivity index (χ4n) is 2.82. The summed E-state index contributed by atoms with van der Waals surface area (Å²) in [6, 6.07) is 10.3. The molecule has 8 heteroatoms. The van der Waals surface area contributed by atoms with Crippen molar-refractivity contribution in [3.8, 4) is 23.1 Å². The maximum atomic E-state index is 12.5. The third kappa shape index (κ3) is 3.17. The van der Waals surface area contributed by atoms with Gasteiger partial charge in [-0.2, -0.15) is 0 Å². The highest BCUT2D eigenvalue weighted by atomic mass is 16.5. The number of methoxy groups -OCH3 is 3. The van der Waals surface area contributed by atoms with Gasteiger partial charge in [0.15, 0.2) is 17.2 Å². The van der Waals surface area contributed by atoms with Crippen LogP contribution in [0.2, 0.25) is 0 Å². The van der Waals surface area contributed by atoms with Gasteiger partial charge in [0.1, 0.15) is 0 Å². The maximum absolute atomic E-state index is 12.5.